The molecule has 0 amide bonds. The van der Waals surface area contributed by atoms with E-state index in [1.807, 2.05) is 11.8 Å². The van der Waals surface area contributed by atoms with Gasteiger partial charge in [0, 0.05) is 41.8 Å². The second-order valence-corrected chi connectivity index (χ2v) is 12.9. The quantitative estimate of drug-likeness (QED) is 0.193. The Hall–Kier alpha value is -1.69. The first-order chi connectivity index (χ1) is 19.4. The van der Waals surface area contributed by atoms with E-state index in [-0.39, 0.29) is 11.3 Å². The maximum atomic E-state index is 12.3. The van der Waals surface area contributed by atoms with Gasteiger partial charge in [-0.2, -0.15) is 0 Å². The van der Waals surface area contributed by atoms with Crippen LogP contribution in [0.25, 0.3) is 0 Å². The fraction of sp³-hybridized carbons (Fsp3) is 0.657. The number of aliphatic hydroxyl groups is 1. The van der Waals surface area contributed by atoms with Crippen LogP contribution in [0.15, 0.2) is 47.4 Å². The van der Waals surface area contributed by atoms with Crippen molar-refractivity contribution >= 4 is 17.4 Å². The van der Waals surface area contributed by atoms with Crippen LogP contribution in [0.2, 0.25) is 0 Å². The number of unbranched alkanes of at least 4 members (excludes halogenated alkanes) is 4. The van der Waals surface area contributed by atoms with Crippen molar-refractivity contribution in [1.29, 1.82) is 0 Å². The molecule has 0 fully saturated rings. The highest BCUT2D eigenvalue weighted by molar-refractivity contribution is 7.99. The van der Waals surface area contributed by atoms with E-state index >= 15 is 0 Å². The van der Waals surface area contributed by atoms with E-state index < -0.39 is 6.10 Å². The monoisotopic (exact) mass is 568 g/mol. The summed E-state index contributed by atoms with van der Waals surface area (Å²) in [6.45, 7) is 13.2. The topological polar surface area (TPSA) is 35.9 Å². The first-order valence-corrected chi connectivity index (χ1v) is 16.9. The molecule has 0 radical (unpaired) electrons. The van der Waals surface area contributed by atoms with Gasteiger partial charge < -0.3 is 19.6 Å². The highest BCUT2D eigenvalue weighted by Gasteiger charge is 2.45. The van der Waals surface area contributed by atoms with Crippen LogP contribution in [0.5, 0.6) is 5.75 Å². The molecule has 1 aliphatic rings. The molecule has 0 aromatic heterocycles. The number of hydrogen-bond donors (Lipinski definition) is 1. The summed E-state index contributed by atoms with van der Waals surface area (Å²) in [5.41, 5.74) is 3.56. The van der Waals surface area contributed by atoms with Gasteiger partial charge in [-0.05, 0) is 93.2 Å². The Bertz CT molecular complexity index is 981. The van der Waals surface area contributed by atoms with E-state index in [0.29, 0.717) is 0 Å². The zero-order chi connectivity index (χ0) is 29.0. The molecule has 3 rings (SSSR count). The second-order valence-electron chi connectivity index (χ2n) is 11.9. The molecule has 0 saturated heterocycles. The van der Waals surface area contributed by atoms with Crippen molar-refractivity contribution < 1.29 is 9.84 Å². The van der Waals surface area contributed by atoms with Crippen LogP contribution in [0.1, 0.15) is 103 Å². The average Bonchev–Trinajstić information content (AvgIpc) is 3.09. The summed E-state index contributed by atoms with van der Waals surface area (Å²) in [7, 11) is 4.19. The van der Waals surface area contributed by atoms with E-state index in [0.717, 1.165) is 76.1 Å². The van der Waals surface area contributed by atoms with Crippen molar-refractivity contribution in [2.24, 2.45) is 5.41 Å². The van der Waals surface area contributed by atoms with Crippen LogP contribution in [0.4, 0.5) is 5.69 Å². The van der Waals surface area contributed by atoms with Gasteiger partial charge in [-0.15, -0.1) is 11.8 Å². The summed E-state index contributed by atoms with van der Waals surface area (Å²) in [5.74, 6) is 1.86. The third kappa shape index (κ3) is 8.66. The molecule has 224 valence electrons. The van der Waals surface area contributed by atoms with Gasteiger partial charge in [0.2, 0.25) is 0 Å². The standard InChI is InChI=1S/C35H56N2O2S/c1-7-11-22-35(23-12-8-2)27-40-32-21-18-29(36(5)6)26-31(32)33(34(35)38)28-16-19-30(20-17-28)39-25-15-13-14-24-37(9-3)10-4/h16-21,26,33-34,38H,7-15,22-25,27H2,1-6H3. The van der Waals surface area contributed by atoms with Crippen molar-refractivity contribution in [1.82, 2.24) is 4.90 Å². The van der Waals surface area contributed by atoms with Gasteiger partial charge in [0.05, 0.1) is 12.7 Å². The molecule has 40 heavy (non-hydrogen) atoms. The molecule has 2 aromatic carbocycles. The Morgan fingerprint density at radius 2 is 1.55 bits per heavy atom. The van der Waals surface area contributed by atoms with Gasteiger partial charge >= 0.3 is 0 Å². The van der Waals surface area contributed by atoms with E-state index in [2.05, 4.69) is 94.1 Å². The minimum Gasteiger partial charge on any atom is -0.494 e. The van der Waals surface area contributed by atoms with E-state index in [4.69, 9.17) is 4.74 Å². The molecule has 2 unspecified atom stereocenters. The Morgan fingerprint density at radius 3 is 2.15 bits per heavy atom. The molecule has 0 spiro atoms. The van der Waals surface area contributed by atoms with E-state index in [1.54, 1.807) is 0 Å². The van der Waals surface area contributed by atoms with Gasteiger partial charge in [-0.25, -0.2) is 0 Å². The smallest absolute Gasteiger partial charge is 0.119 e. The molecule has 1 aliphatic heterocycles. The predicted octanol–water partition coefficient (Wildman–Crippen LogP) is 8.61. The highest BCUT2D eigenvalue weighted by Crippen LogP contribution is 2.52. The SMILES string of the molecule is CCCCC1(CCCC)CSc2ccc(N(C)C)cc2C(c2ccc(OCCCCCN(CC)CC)cc2)C1O. The molecular formula is C35H56N2O2S. The number of rotatable bonds is 17. The lowest BCUT2D eigenvalue weighted by Gasteiger charge is -2.40. The molecule has 2 atom stereocenters. The Morgan fingerprint density at radius 1 is 0.875 bits per heavy atom. The lowest BCUT2D eigenvalue weighted by molar-refractivity contribution is 0.0135. The first kappa shape index (κ1) is 32.8. The van der Waals surface area contributed by atoms with Crippen LogP contribution in [-0.4, -0.2) is 62.2 Å². The van der Waals surface area contributed by atoms with Crippen LogP contribution in [0.3, 0.4) is 0 Å². The molecular weight excluding hydrogens is 512 g/mol. The Kier molecular flexibility index (Phi) is 13.7. The number of benzene rings is 2. The summed E-state index contributed by atoms with van der Waals surface area (Å²) < 4.78 is 6.14. The lowest BCUT2D eigenvalue weighted by Crippen LogP contribution is -2.41. The number of hydrogen-bond acceptors (Lipinski definition) is 5. The van der Waals surface area contributed by atoms with Crippen molar-refractivity contribution in [3.63, 3.8) is 0 Å². The largest absolute Gasteiger partial charge is 0.494 e. The number of thioether (sulfide) groups is 1. The van der Waals surface area contributed by atoms with Gasteiger partial charge in [0.1, 0.15) is 5.75 Å². The fourth-order valence-electron chi connectivity index (χ4n) is 6.12. The third-order valence-corrected chi connectivity index (χ3v) is 10.3. The summed E-state index contributed by atoms with van der Waals surface area (Å²) >= 11 is 1.96. The van der Waals surface area contributed by atoms with Crippen LogP contribution >= 0.6 is 11.8 Å². The molecule has 4 nitrogen and oxygen atoms in total. The van der Waals surface area contributed by atoms with Gasteiger partial charge in [0.25, 0.3) is 0 Å². The average molecular weight is 569 g/mol. The molecule has 0 saturated carbocycles. The minimum absolute atomic E-state index is 0.0484. The van der Waals surface area contributed by atoms with Gasteiger partial charge in [-0.1, -0.05) is 65.5 Å². The van der Waals surface area contributed by atoms with Gasteiger partial charge in [-0.3, -0.25) is 0 Å². The zero-order valence-electron chi connectivity index (χ0n) is 26.3. The van der Waals surface area contributed by atoms with Crippen molar-refractivity contribution in [3.05, 3.63) is 53.6 Å². The maximum absolute atomic E-state index is 12.3. The normalized spacial score (nSPS) is 18.4. The molecule has 0 aliphatic carbocycles. The van der Waals surface area contributed by atoms with E-state index in [1.165, 1.54) is 41.1 Å². The number of ether oxygens (including phenoxy) is 1. The first-order valence-electron chi connectivity index (χ1n) is 16.0. The third-order valence-electron chi connectivity index (χ3n) is 8.88. The highest BCUT2D eigenvalue weighted by atomic mass is 32.2. The minimum atomic E-state index is -0.422. The Labute approximate surface area is 249 Å². The fourth-order valence-corrected chi connectivity index (χ4v) is 7.54. The number of anilines is 1. The molecule has 5 heteroatoms. The van der Waals surface area contributed by atoms with Crippen molar-refractivity contribution in [2.45, 2.75) is 102 Å². The van der Waals surface area contributed by atoms with Crippen LogP contribution < -0.4 is 9.64 Å². The lowest BCUT2D eigenvalue weighted by atomic mass is 9.68. The number of fused-ring (bicyclic) bond motifs is 1. The van der Waals surface area contributed by atoms with Crippen LogP contribution in [-0.2, 0) is 0 Å². The number of nitrogens with zero attached hydrogens (tertiary/aromatic N) is 2. The maximum Gasteiger partial charge on any atom is 0.119 e. The van der Waals surface area contributed by atoms with E-state index in [9.17, 15) is 5.11 Å². The van der Waals surface area contributed by atoms with Gasteiger partial charge in [0.15, 0.2) is 0 Å². The summed E-state index contributed by atoms with van der Waals surface area (Å²) in [6.07, 6.45) is 9.90. The molecule has 1 heterocycles. The summed E-state index contributed by atoms with van der Waals surface area (Å²) in [4.78, 5) is 5.97. The molecule has 1 N–H and O–H groups in total. The predicted molar refractivity (Wildman–Crippen MR) is 174 cm³/mol. The summed E-state index contributed by atoms with van der Waals surface area (Å²) in [6, 6.07) is 15.5. The molecule has 0 bridgehead atoms. The van der Waals surface area contributed by atoms with Crippen molar-refractivity contribution in [2.75, 3.05) is 51.0 Å². The Balaban J connectivity index is 1.82. The van der Waals surface area contributed by atoms with Crippen molar-refractivity contribution in [3.8, 4) is 5.75 Å². The zero-order valence-corrected chi connectivity index (χ0v) is 27.1. The van der Waals surface area contributed by atoms with Crippen LogP contribution in [0, 0.1) is 5.41 Å². The summed E-state index contributed by atoms with van der Waals surface area (Å²) in [5, 5.41) is 12.3. The second kappa shape index (κ2) is 16.7. The molecule has 2 aromatic rings. The number of aliphatic hydroxyl groups excluding tert-OH is 1.